The molecule has 6 nitrogen and oxygen atoms in total. The molecule has 0 aliphatic carbocycles. The topological polar surface area (TPSA) is 92.3 Å². The van der Waals surface area contributed by atoms with E-state index < -0.39 is 5.97 Å². The Balaban J connectivity index is 1.93. The summed E-state index contributed by atoms with van der Waals surface area (Å²) in [7, 11) is 0. The molecule has 92 valence electrons. The Morgan fingerprint density at radius 1 is 1.28 bits per heavy atom. The Kier molecular flexibility index (Phi) is 2.29. The van der Waals surface area contributed by atoms with Crippen LogP contribution in [-0.2, 0) is 4.79 Å². The SMILES string of the molecule is Nc1nc2ccccc2nc1N1CC(C(=O)O)C1. The fourth-order valence-corrected chi connectivity index (χ4v) is 2.04. The lowest BCUT2D eigenvalue weighted by Crippen LogP contribution is -2.51. The van der Waals surface area contributed by atoms with E-state index >= 15 is 0 Å². The van der Waals surface area contributed by atoms with E-state index in [2.05, 4.69) is 9.97 Å². The van der Waals surface area contributed by atoms with Gasteiger partial charge in [-0.15, -0.1) is 0 Å². The van der Waals surface area contributed by atoms with Gasteiger partial charge in [0.1, 0.15) is 0 Å². The van der Waals surface area contributed by atoms with E-state index in [4.69, 9.17) is 10.8 Å². The molecule has 2 heterocycles. The monoisotopic (exact) mass is 244 g/mol. The fraction of sp³-hybridized carbons (Fsp3) is 0.250. The van der Waals surface area contributed by atoms with Gasteiger partial charge in [-0.1, -0.05) is 12.1 Å². The molecule has 1 aromatic carbocycles. The number of benzene rings is 1. The Morgan fingerprint density at radius 2 is 1.89 bits per heavy atom. The fourth-order valence-electron chi connectivity index (χ4n) is 2.04. The molecule has 3 rings (SSSR count). The number of carboxylic acid groups (broad SMARTS) is 1. The highest BCUT2D eigenvalue weighted by molar-refractivity contribution is 5.81. The average molecular weight is 244 g/mol. The number of fused-ring (bicyclic) bond motifs is 1. The Bertz CT molecular complexity index is 623. The number of para-hydroxylation sites is 2. The quantitative estimate of drug-likeness (QED) is 0.809. The molecule has 0 bridgehead atoms. The number of hydrogen-bond donors (Lipinski definition) is 2. The summed E-state index contributed by atoms with van der Waals surface area (Å²) in [6.07, 6.45) is 0. The summed E-state index contributed by atoms with van der Waals surface area (Å²) in [5.41, 5.74) is 7.36. The summed E-state index contributed by atoms with van der Waals surface area (Å²) in [6.45, 7) is 0.874. The first-order valence-electron chi connectivity index (χ1n) is 5.65. The van der Waals surface area contributed by atoms with Gasteiger partial charge in [0.25, 0.3) is 0 Å². The minimum Gasteiger partial charge on any atom is -0.481 e. The molecule has 18 heavy (non-hydrogen) atoms. The highest BCUT2D eigenvalue weighted by atomic mass is 16.4. The summed E-state index contributed by atoms with van der Waals surface area (Å²) in [4.78, 5) is 21.3. The number of nitrogen functional groups attached to an aromatic ring is 1. The molecule has 1 aliphatic heterocycles. The van der Waals surface area contributed by atoms with E-state index in [-0.39, 0.29) is 5.92 Å². The van der Waals surface area contributed by atoms with Crippen LogP contribution in [0.3, 0.4) is 0 Å². The van der Waals surface area contributed by atoms with Crippen LogP contribution in [0.5, 0.6) is 0 Å². The van der Waals surface area contributed by atoms with Gasteiger partial charge < -0.3 is 15.7 Å². The van der Waals surface area contributed by atoms with Crippen molar-refractivity contribution in [2.45, 2.75) is 0 Å². The second-order valence-corrected chi connectivity index (χ2v) is 4.36. The molecule has 1 aliphatic rings. The van der Waals surface area contributed by atoms with Crippen molar-refractivity contribution < 1.29 is 9.90 Å². The molecule has 0 amide bonds. The highest BCUT2D eigenvalue weighted by Crippen LogP contribution is 2.28. The van der Waals surface area contributed by atoms with Gasteiger partial charge in [0.05, 0.1) is 17.0 Å². The van der Waals surface area contributed by atoms with Gasteiger partial charge in [-0.05, 0) is 12.1 Å². The van der Waals surface area contributed by atoms with E-state index in [0.717, 1.165) is 11.0 Å². The zero-order valence-electron chi connectivity index (χ0n) is 9.58. The van der Waals surface area contributed by atoms with Gasteiger partial charge >= 0.3 is 5.97 Å². The molecule has 1 aromatic heterocycles. The second kappa shape index (κ2) is 3.83. The third kappa shape index (κ3) is 1.62. The second-order valence-electron chi connectivity index (χ2n) is 4.36. The number of aromatic nitrogens is 2. The van der Waals surface area contributed by atoms with Crippen LogP contribution in [-0.4, -0.2) is 34.1 Å². The normalized spacial score (nSPS) is 15.7. The Morgan fingerprint density at radius 3 is 2.50 bits per heavy atom. The van der Waals surface area contributed by atoms with Crippen molar-refractivity contribution in [1.82, 2.24) is 9.97 Å². The lowest BCUT2D eigenvalue weighted by molar-refractivity contribution is -0.142. The molecule has 2 aromatic rings. The third-order valence-corrected chi connectivity index (χ3v) is 3.11. The van der Waals surface area contributed by atoms with Crippen LogP contribution in [0.15, 0.2) is 24.3 Å². The minimum atomic E-state index is -0.779. The molecular formula is C12H12N4O2. The molecule has 0 spiro atoms. The zero-order valence-corrected chi connectivity index (χ0v) is 9.58. The lowest BCUT2D eigenvalue weighted by atomic mass is 10.0. The molecule has 0 unspecified atom stereocenters. The van der Waals surface area contributed by atoms with Crippen LogP contribution in [0, 0.1) is 5.92 Å². The van der Waals surface area contributed by atoms with E-state index in [1.165, 1.54) is 0 Å². The van der Waals surface area contributed by atoms with Crippen LogP contribution in [0.1, 0.15) is 0 Å². The Hall–Kier alpha value is -2.37. The van der Waals surface area contributed by atoms with Crippen LogP contribution >= 0.6 is 0 Å². The van der Waals surface area contributed by atoms with Crippen molar-refractivity contribution in [3.63, 3.8) is 0 Å². The highest BCUT2D eigenvalue weighted by Gasteiger charge is 2.34. The van der Waals surface area contributed by atoms with Crippen molar-refractivity contribution in [3.05, 3.63) is 24.3 Å². The number of rotatable bonds is 2. The van der Waals surface area contributed by atoms with Crippen molar-refractivity contribution in [2.24, 2.45) is 5.92 Å². The molecule has 0 radical (unpaired) electrons. The van der Waals surface area contributed by atoms with Crippen LogP contribution < -0.4 is 10.6 Å². The largest absolute Gasteiger partial charge is 0.481 e. The molecule has 6 heteroatoms. The average Bonchev–Trinajstić information content (AvgIpc) is 2.27. The van der Waals surface area contributed by atoms with E-state index in [9.17, 15) is 4.79 Å². The van der Waals surface area contributed by atoms with Crippen LogP contribution in [0.2, 0.25) is 0 Å². The summed E-state index contributed by atoms with van der Waals surface area (Å²) >= 11 is 0. The number of nitrogens with zero attached hydrogens (tertiary/aromatic N) is 3. The van der Waals surface area contributed by atoms with Crippen LogP contribution in [0.4, 0.5) is 11.6 Å². The molecule has 1 saturated heterocycles. The maximum absolute atomic E-state index is 10.8. The number of carboxylic acids is 1. The maximum atomic E-state index is 10.8. The predicted molar refractivity (Wildman–Crippen MR) is 67.3 cm³/mol. The van der Waals surface area contributed by atoms with Gasteiger partial charge in [-0.25, -0.2) is 9.97 Å². The first-order valence-corrected chi connectivity index (χ1v) is 5.65. The van der Waals surface area contributed by atoms with E-state index in [1.54, 1.807) is 0 Å². The predicted octanol–water partition coefficient (Wildman–Crippen LogP) is 0.733. The van der Waals surface area contributed by atoms with Crippen molar-refractivity contribution in [2.75, 3.05) is 23.7 Å². The molecule has 1 fully saturated rings. The third-order valence-electron chi connectivity index (χ3n) is 3.11. The maximum Gasteiger partial charge on any atom is 0.310 e. The van der Waals surface area contributed by atoms with Crippen molar-refractivity contribution in [3.8, 4) is 0 Å². The van der Waals surface area contributed by atoms with Crippen LogP contribution in [0.25, 0.3) is 11.0 Å². The van der Waals surface area contributed by atoms with Gasteiger partial charge in [0.15, 0.2) is 11.6 Å². The summed E-state index contributed by atoms with van der Waals surface area (Å²) in [5, 5.41) is 8.85. The standard InChI is InChI=1S/C12H12N4O2/c13-10-11(16-5-7(6-16)12(17)18)15-9-4-2-1-3-8(9)14-10/h1-4,7H,5-6H2,(H2,13,14)(H,17,18). The number of aliphatic carboxylic acids is 1. The summed E-state index contributed by atoms with van der Waals surface area (Å²) in [6, 6.07) is 7.46. The molecule has 3 N–H and O–H groups in total. The minimum absolute atomic E-state index is 0.335. The van der Waals surface area contributed by atoms with Gasteiger partial charge in [-0.3, -0.25) is 4.79 Å². The van der Waals surface area contributed by atoms with E-state index in [0.29, 0.717) is 24.7 Å². The lowest BCUT2D eigenvalue weighted by Gasteiger charge is -2.37. The van der Waals surface area contributed by atoms with Gasteiger partial charge in [0.2, 0.25) is 0 Å². The number of nitrogens with two attached hydrogens (primary N) is 1. The van der Waals surface area contributed by atoms with Crippen molar-refractivity contribution >= 4 is 28.6 Å². The number of carbonyl (C=O) groups is 1. The van der Waals surface area contributed by atoms with E-state index in [1.807, 2.05) is 29.2 Å². The molecular weight excluding hydrogens is 232 g/mol. The molecule has 0 atom stereocenters. The zero-order chi connectivity index (χ0) is 12.7. The van der Waals surface area contributed by atoms with Crippen molar-refractivity contribution in [1.29, 1.82) is 0 Å². The Labute approximate surface area is 103 Å². The summed E-state index contributed by atoms with van der Waals surface area (Å²) in [5.74, 6) is -0.194. The smallest absolute Gasteiger partial charge is 0.310 e. The van der Waals surface area contributed by atoms with Gasteiger partial charge in [-0.2, -0.15) is 0 Å². The number of hydrogen-bond acceptors (Lipinski definition) is 5. The first kappa shape index (κ1) is 10.8. The van der Waals surface area contributed by atoms with Gasteiger partial charge in [0, 0.05) is 13.1 Å². The summed E-state index contributed by atoms with van der Waals surface area (Å²) < 4.78 is 0. The number of anilines is 2. The first-order chi connectivity index (χ1) is 8.65. The molecule has 0 saturated carbocycles.